The number of aromatic nitrogens is 1. The Labute approximate surface area is 120 Å². The van der Waals surface area contributed by atoms with E-state index >= 15 is 0 Å². The van der Waals surface area contributed by atoms with Crippen molar-refractivity contribution in [3.8, 4) is 0 Å². The van der Waals surface area contributed by atoms with Crippen LogP contribution in [-0.2, 0) is 4.79 Å². The van der Waals surface area contributed by atoms with Crippen molar-refractivity contribution in [2.75, 3.05) is 11.4 Å². The molecule has 0 saturated carbocycles. The number of nitrogens with zero attached hydrogens (tertiary/aromatic N) is 2. The normalized spacial score (nSPS) is 19.8. The smallest absolute Gasteiger partial charge is 0.240 e. The SMILES string of the molecule is NC(=O)C1CCCCN1c1nc2ccc(Cl)cc2s1. The number of amides is 1. The zero-order valence-corrected chi connectivity index (χ0v) is 11.9. The monoisotopic (exact) mass is 295 g/mol. The minimum atomic E-state index is -0.267. The van der Waals surface area contributed by atoms with Crippen LogP contribution in [-0.4, -0.2) is 23.5 Å². The molecule has 2 aromatic rings. The summed E-state index contributed by atoms with van der Waals surface area (Å²) in [7, 11) is 0. The highest BCUT2D eigenvalue weighted by atomic mass is 35.5. The van der Waals surface area contributed by atoms with Gasteiger partial charge in [0.15, 0.2) is 5.13 Å². The van der Waals surface area contributed by atoms with Crippen molar-refractivity contribution < 1.29 is 4.79 Å². The number of halogens is 1. The molecular formula is C13H14ClN3OS. The van der Waals surface area contributed by atoms with Gasteiger partial charge in [-0.05, 0) is 37.5 Å². The first-order valence-electron chi connectivity index (χ1n) is 6.27. The first kappa shape index (κ1) is 12.7. The van der Waals surface area contributed by atoms with Gasteiger partial charge in [0.1, 0.15) is 6.04 Å². The number of nitrogens with two attached hydrogens (primary N) is 1. The summed E-state index contributed by atoms with van der Waals surface area (Å²) >= 11 is 7.55. The number of hydrogen-bond acceptors (Lipinski definition) is 4. The predicted molar refractivity (Wildman–Crippen MR) is 78.8 cm³/mol. The minimum absolute atomic E-state index is 0.232. The number of rotatable bonds is 2. The van der Waals surface area contributed by atoms with E-state index in [2.05, 4.69) is 4.98 Å². The lowest BCUT2D eigenvalue weighted by Gasteiger charge is -2.33. The van der Waals surface area contributed by atoms with E-state index in [9.17, 15) is 4.79 Å². The van der Waals surface area contributed by atoms with Crippen LogP contribution in [0.15, 0.2) is 18.2 Å². The van der Waals surface area contributed by atoms with Crippen molar-refractivity contribution in [2.45, 2.75) is 25.3 Å². The number of hydrogen-bond donors (Lipinski definition) is 1. The second kappa shape index (κ2) is 4.98. The Morgan fingerprint density at radius 2 is 2.32 bits per heavy atom. The Bertz CT molecular complexity index is 627. The van der Waals surface area contributed by atoms with E-state index in [1.807, 2.05) is 23.1 Å². The molecule has 19 heavy (non-hydrogen) atoms. The highest BCUT2D eigenvalue weighted by Gasteiger charge is 2.29. The summed E-state index contributed by atoms with van der Waals surface area (Å²) in [6.07, 6.45) is 2.92. The number of carbonyl (C=O) groups is 1. The number of thiazole rings is 1. The molecule has 3 rings (SSSR count). The largest absolute Gasteiger partial charge is 0.368 e. The van der Waals surface area contributed by atoms with Crippen LogP contribution in [0.4, 0.5) is 5.13 Å². The fourth-order valence-corrected chi connectivity index (χ4v) is 3.78. The van der Waals surface area contributed by atoms with Gasteiger partial charge < -0.3 is 10.6 Å². The van der Waals surface area contributed by atoms with Gasteiger partial charge in [-0.3, -0.25) is 4.79 Å². The molecule has 1 aliphatic rings. The van der Waals surface area contributed by atoms with Crippen molar-refractivity contribution in [1.82, 2.24) is 4.98 Å². The number of anilines is 1. The first-order chi connectivity index (χ1) is 9.15. The van der Waals surface area contributed by atoms with E-state index in [1.54, 1.807) is 11.3 Å². The van der Waals surface area contributed by atoms with Crippen LogP contribution in [0.3, 0.4) is 0 Å². The summed E-state index contributed by atoms with van der Waals surface area (Å²) in [6, 6.07) is 5.40. The van der Waals surface area contributed by atoms with Gasteiger partial charge in [-0.1, -0.05) is 22.9 Å². The zero-order chi connectivity index (χ0) is 13.4. The van der Waals surface area contributed by atoms with Crippen molar-refractivity contribution in [3.63, 3.8) is 0 Å². The summed E-state index contributed by atoms with van der Waals surface area (Å²) in [4.78, 5) is 18.2. The van der Waals surface area contributed by atoms with Gasteiger partial charge >= 0.3 is 0 Å². The Morgan fingerprint density at radius 3 is 3.11 bits per heavy atom. The number of fused-ring (bicyclic) bond motifs is 1. The molecule has 0 spiro atoms. The molecule has 2 N–H and O–H groups in total. The van der Waals surface area contributed by atoms with Crippen molar-refractivity contribution in [2.24, 2.45) is 5.73 Å². The molecule has 1 aromatic heterocycles. The third kappa shape index (κ3) is 2.40. The molecule has 0 radical (unpaired) electrons. The topological polar surface area (TPSA) is 59.2 Å². The molecule has 100 valence electrons. The van der Waals surface area contributed by atoms with Crippen LogP contribution in [0.25, 0.3) is 10.2 Å². The lowest BCUT2D eigenvalue weighted by atomic mass is 10.0. The molecule has 1 fully saturated rings. The maximum Gasteiger partial charge on any atom is 0.240 e. The standard InChI is InChI=1S/C13H14ClN3OS/c14-8-4-5-9-11(7-8)19-13(16-9)17-6-2-1-3-10(17)12(15)18/h4-5,7,10H,1-3,6H2,(H2,15,18). The van der Waals surface area contributed by atoms with Gasteiger partial charge in [0.2, 0.25) is 5.91 Å². The predicted octanol–water partition coefficient (Wildman–Crippen LogP) is 2.79. The number of piperidine rings is 1. The molecule has 1 saturated heterocycles. The van der Waals surface area contributed by atoms with Crippen LogP contribution < -0.4 is 10.6 Å². The lowest BCUT2D eigenvalue weighted by Crippen LogP contribution is -2.47. The Balaban J connectivity index is 1.99. The van der Waals surface area contributed by atoms with Gasteiger partial charge in [0, 0.05) is 11.6 Å². The lowest BCUT2D eigenvalue weighted by molar-refractivity contribution is -0.119. The number of benzene rings is 1. The quantitative estimate of drug-likeness (QED) is 0.927. The van der Waals surface area contributed by atoms with E-state index in [0.29, 0.717) is 5.02 Å². The number of primary amides is 1. The van der Waals surface area contributed by atoms with E-state index < -0.39 is 0 Å². The third-order valence-electron chi connectivity index (χ3n) is 3.42. The maximum absolute atomic E-state index is 11.5. The van der Waals surface area contributed by atoms with Crippen LogP contribution in [0, 0.1) is 0 Å². The molecule has 0 aliphatic carbocycles. The Hall–Kier alpha value is -1.33. The van der Waals surface area contributed by atoms with E-state index in [-0.39, 0.29) is 11.9 Å². The number of carbonyl (C=O) groups excluding carboxylic acids is 1. The highest BCUT2D eigenvalue weighted by Crippen LogP contribution is 2.33. The second-order valence-corrected chi connectivity index (χ2v) is 6.16. The molecule has 1 aliphatic heterocycles. The van der Waals surface area contributed by atoms with Gasteiger partial charge in [0.25, 0.3) is 0 Å². The van der Waals surface area contributed by atoms with Gasteiger partial charge in [-0.25, -0.2) is 4.98 Å². The van der Waals surface area contributed by atoms with Crippen LogP contribution in [0.1, 0.15) is 19.3 Å². The molecule has 2 heterocycles. The Morgan fingerprint density at radius 1 is 1.47 bits per heavy atom. The Kier molecular flexibility index (Phi) is 3.33. The van der Waals surface area contributed by atoms with E-state index in [4.69, 9.17) is 17.3 Å². The fourth-order valence-electron chi connectivity index (χ4n) is 2.47. The van der Waals surface area contributed by atoms with Crippen molar-refractivity contribution in [1.29, 1.82) is 0 Å². The van der Waals surface area contributed by atoms with Crippen LogP contribution in [0.5, 0.6) is 0 Å². The summed E-state index contributed by atoms with van der Waals surface area (Å²) in [5, 5.41) is 1.56. The average Bonchev–Trinajstić information content (AvgIpc) is 2.81. The average molecular weight is 296 g/mol. The van der Waals surface area contributed by atoms with E-state index in [0.717, 1.165) is 41.2 Å². The second-order valence-electron chi connectivity index (χ2n) is 4.72. The molecule has 1 amide bonds. The summed E-state index contributed by atoms with van der Waals surface area (Å²) in [5.74, 6) is -0.267. The van der Waals surface area contributed by atoms with Crippen LogP contribution in [0.2, 0.25) is 5.02 Å². The molecule has 4 nitrogen and oxygen atoms in total. The molecule has 1 unspecified atom stereocenters. The zero-order valence-electron chi connectivity index (χ0n) is 10.3. The van der Waals surface area contributed by atoms with Gasteiger partial charge in [0.05, 0.1) is 10.2 Å². The maximum atomic E-state index is 11.5. The molecular weight excluding hydrogens is 282 g/mol. The summed E-state index contributed by atoms with van der Waals surface area (Å²) in [6.45, 7) is 0.834. The molecule has 1 atom stereocenters. The fraction of sp³-hybridized carbons (Fsp3) is 0.385. The van der Waals surface area contributed by atoms with Gasteiger partial charge in [-0.15, -0.1) is 0 Å². The molecule has 6 heteroatoms. The van der Waals surface area contributed by atoms with Gasteiger partial charge in [-0.2, -0.15) is 0 Å². The highest BCUT2D eigenvalue weighted by molar-refractivity contribution is 7.22. The minimum Gasteiger partial charge on any atom is -0.368 e. The first-order valence-corrected chi connectivity index (χ1v) is 7.46. The molecule has 1 aromatic carbocycles. The third-order valence-corrected chi connectivity index (χ3v) is 4.71. The summed E-state index contributed by atoms with van der Waals surface area (Å²) in [5.41, 5.74) is 6.40. The summed E-state index contributed by atoms with van der Waals surface area (Å²) < 4.78 is 1.04. The van der Waals surface area contributed by atoms with Crippen molar-refractivity contribution >= 4 is 44.2 Å². The van der Waals surface area contributed by atoms with E-state index in [1.165, 1.54) is 0 Å². The molecule has 0 bridgehead atoms. The van der Waals surface area contributed by atoms with Crippen molar-refractivity contribution in [3.05, 3.63) is 23.2 Å². The van der Waals surface area contributed by atoms with Crippen LogP contribution >= 0.6 is 22.9 Å².